The fourth-order valence-electron chi connectivity index (χ4n) is 5.57. The molecule has 0 spiro atoms. The van der Waals surface area contributed by atoms with Gasteiger partial charge in [-0.15, -0.1) is 0 Å². The van der Waals surface area contributed by atoms with Crippen LogP contribution in [0.4, 0.5) is 0 Å². The van der Waals surface area contributed by atoms with Crippen LogP contribution in [0, 0.1) is 0 Å². The molecular weight excluding hydrogens is 472 g/mol. The van der Waals surface area contributed by atoms with Crippen LogP contribution in [-0.2, 0) is 4.74 Å². The van der Waals surface area contributed by atoms with Crippen LogP contribution in [0.5, 0.6) is 0 Å². The zero-order valence-corrected chi connectivity index (χ0v) is 21.4. The van der Waals surface area contributed by atoms with Gasteiger partial charge >= 0.3 is 5.97 Å². The Hall–Kier alpha value is -4.22. The van der Waals surface area contributed by atoms with Gasteiger partial charge in [0.25, 0.3) is 0 Å². The lowest BCUT2D eigenvalue weighted by atomic mass is 9.87. The van der Waals surface area contributed by atoms with E-state index >= 15 is 0 Å². The van der Waals surface area contributed by atoms with E-state index in [4.69, 9.17) is 9.84 Å². The number of aromatic carboxylic acids is 1. The zero-order valence-electron chi connectivity index (χ0n) is 21.4. The van der Waals surface area contributed by atoms with E-state index < -0.39 is 5.97 Å². The Labute approximate surface area is 222 Å². The lowest BCUT2D eigenvalue weighted by Crippen LogP contribution is -2.18. The number of hydrogen-bond donors (Lipinski definition) is 1. The van der Waals surface area contributed by atoms with Gasteiger partial charge in [0, 0.05) is 12.0 Å². The van der Waals surface area contributed by atoms with Crippen molar-refractivity contribution in [2.24, 2.45) is 0 Å². The van der Waals surface area contributed by atoms with E-state index in [2.05, 4.69) is 61.5 Å². The third-order valence-electron chi connectivity index (χ3n) is 7.47. The Bertz CT molecular complexity index is 1660. The maximum Gasteiger partial charge on any atom is 0.335 e. The summed E-state index contributed by atoms with van der Waals surface area (Å²) in [5.74, 6) is -0.915. The molecule has 4 aromatic carbocycles. The van der Waals surface area contributed by atoms with E-state index in [0.717, 1.165) is 65.1 Å². The summed E-state index contributed by atoms with van der Waals surface area (Å²) in [6.07, 6.45) is 6.05. The van der Waals surface area contributed by atoms with Crippen molar-refractivity contribution >= 4 is 38.8 Å². The van der Waals surface area contributed by atoms with E-state index in [0.29, 0.717) is 5.56 Å². The first kappa shape index (κ1) is 24.1. The number of hydrogen-bond acceptors (Lipinski definition) is 3. The minimum Gasteiger partial charge on any atom is -0.478 e. The molecule has 1 unspecified atom stereocenters. The smallest absolute Gasteiger partial charge is 0.335 e. The third-order valence-corrected chi connectivity index (χ3v) is 7.47. The number of ether oxygens (including phenoxy) is 1. The first-order chi connectivity index (χ1) is 18.6. The van der Waals surface area contributed by atoms with E-state index in [1.54, 1.807) is 12.1 Å². The molecule has 1 aliphatic heterocycles. The predicted molar refractivity (Wildman–Crippen MR) is 152 cm³/mol. The van der Waals surface area contributed by atoms with Crippen molar-refractivity contribution in [1.82, 2.24) is 9.78 Å². The summed E-state index contributed by atoms with van der Waals surface area (Å²) in [5.41, 5.74) is 7.23. The molecule has 0 saturated carbocycles. The number of rotatable bonds is 6. The maximum absolute atomic E-state index is 11.5. The molecule has 190 valence electrons. The molecule has 2 heterocycles. The van der Waals surface area contributed by atoms with Crippen LogP contribution >= 0.6 is 0 Å². The molecule has 38 heavy (non-hydrogen) atoms. The molecule has 1 N–H and O–H groups in total. The summed E-state index contributed by atoms with van der Waals surface area (Å²) in [4.78, 5) is 11.5. The van der Waals surface area contributed by atoms with Crippen LogP contribution < -0.4 is 0 Å². The number of carboxylic acid groups (broad SMARTS) is 1. The van der Waals surface area contributed by atoms with Gasteiger partial charge in [-0.05, 0) is 94.6 Å². The normalized spacial score (nSPS) is 16.5. The largest absolute Gasteiger partial charge is 0.478 e. The van der Waals surface area contributed by atoms with Crippen molar-refractivity contribution in [2.75, 3.05) is 6.61 Å². The number of aromatic nitrogens is 2. The van der Waals surface area contributed by atoms with Gasteiger partial charge in [0.2, 0.25) is 0 Å². The number of fused-ring (bicyclic) bond motifs is 2. The van der Waals surface area contributed by atoms with E-state index in [1.807, 2.05) is 29.1 Å². The quantitative estimate of drug-likeness (QED) is 0.239. The highest BCUT2D eigenvalue weighted by Gasteiger charge is 2.20. The zero-order chi connectivity index (χ0) is 26.1. The summed E-state index contributed by atoms with van der Waals surface area (Å²) in [6.45, 7) is 2.98. The Kier molecular flexibility index (Phi) is 6.52. The summed E-state index contributed by atoms with van der Waals surface area (Å²) in [7, 11) is 0. The molecule has 0 radical (unpaired) electrons. The molecule has 0 amide bonds. The molecule has 1 fully saturated rings. The lowest BCUT2D eigenvalue weighted by Gasteiger charge is -2.23. The van der Waals surface area contributed by atoms with Gasteiger partial charge in [-0.25, -0.2) is 9.48 Å². The van der Waals surface area contributed by atoms with Gasteiger partial charge in [-0.2, -0.15) is 5.10 Å². The molecule has 1 atom stereocenters. The Morgan fingerprint density at radius 2 is 1.55 bits per heavy atom. The van der Waals surface area contributed by atoms with Crippen LogP contribution in [0.15, 0.2) is 91.1 Å². The van der Waals surface area contributed by atoms with Gasteiger partial charge in [-0.1, -0.05) is 61.5 Å². The molecule has 5 aromatic rings. The molecule has 5 nitrogen and oxygen atoms in total. The van der Waals surface area contributed by atoms with Crippen molar-refractivity contribution in [2.45, 2.75) is 38.8 Å². The van der Waals surface area contributed by atoms with E-state index in [-0.39, 0.29) is 6.23 Å². The molecular formula is C33H30N2O3. The molecule has 1 aliphatic rings. The molecule has 5 heteroatoms. The average Bonchev–Trinajstić information content (AvgIpc) is 3.39. The van der Waals surface area contributed by atoms with Crippen molar-refractivity contribution in [1.29, 1.82) is 0 Å². The van der Waals surface area contributed by atoms with Gasteiger partial charge < -0.3 is 9.84 Å². The first-order valence-corrected chi connectivity index (χ1v) is 13.3. The van der Waals surface area contributed by atoms with Crippen molar-refractivity contribution in [3.63, 3.8) is 0 Å². The van der Waals surface area contributed by atoms with Gasteiger partial charge in [0.1, 0.15) is 0 Å². The number of allylic oxidation sites excluding steroid dienone is 1. The topological polar surface area (TPSA) is 64.3 Å². The molecule has 1 saturated heterocycles. The summed E-state index contributed by atoms with van der Waals surface area (Å²) < 4.78 is 8.03. The van der Waals surface area contributed by atoms with Crippen LogP contribution in [0.3, 0.4) is 0 Å². The summed E-state index contributed by atoms with van der Waals surface area (Å²) >= 11 is 0. The Morgan fingerprint density at radius 1 is 0.868 bits per heavy atom. The van der Waals surface area contributed by atoms with E-state index in [9.17, 15) is 9.90 Å². The summed E-state index contributed by atoms with van der Waals surface area (Å²) in [6, 6.07) is 28.7. The van der Waals surface area contributed by atoms with Crippen molar-refractivity contribution < 1.29 is 14.6 Å². The average molecular weight is 503 g/mol. The number of benzene rings is 4. The van der Waals surface area contributed by atoms with Gasteiger partial charge in [0.15, 0.2) is 6.23 Å². The number of carbonyl (C=O) groups is 1. The van der Waals surface area contributed by atoms with Gasteiger partial charge in [0.05, 0.1) is 17.3 Å². The maximum atomic E-state index is 11.5. The summed E-state index contributed by atoms with van der Waals surface area (Å²) in [5, 5.41) is 17.1. The Morgan fingerprint density at radius 3 is 2.24 bits per heavy atom. The second-order valence-electron chi connectivity index (χ2n) is 9.84. The van der Waals surface area contributed by atoms with Crippen LogP contribution in [0.1, 0.15) is 65.9 Å². The SMILES string of the molecule is CCC(=C(c1ccc2cc(C(=O)O)ccc2c1)c1ccc2c(cnn2C2CCCCO2)c1)c1ccccc1. The lowest BCUT2D eigenvalue weighted by molar-refractivity contribution is -0.0366. The third kappa shape index (κ3) is 4.50. The monoisotopic (exact) mass is 502 g/mol. The number of carboxylic acids is 1. The fourth-order valence-corrected chi connectivity index (χ4v) is 5.57. The highest BCUT2D eigenvalue weighted by molar-refractivity contribution is 6.03. The first-order valence-electron chi connectivity index (χ1n) is 13.3. The highest BCUT2D eigenvalue weighted by Crippen LogP contribution is 2.37. The molecule has 0 aliphatic carbocycles. The van der Waals surface area contributed by atoms with Crippen molar-refractivity contribution in [3.8, 4) is 0 Å². The second kappa shape index (κ2) is 10.3. The minimum absolute atomic E-state index is 0.00573. The number of nitrogens with zero attached hydrogens (tertiary/aromatic N) is 2. The highest BCUT2D eigenvalue weighted by atomic mass is 16.5. The van der Waals surface area contributed by atoms with Crippen LogP contribution in [-0.4, -0.2) is 27.5 Å². The standard InChI is InChI=1S/C33H30N2O3/c1-2-29(22-8-4-3-5-9-22)32(25-13-11-24-19-27(33(36)37)14-12-23(24)18-25)26-15-16-30-28(20-26)21-34-35(30)31-10-6-7-17-38-31/h3-5,8-9,11-16,18-21,31H,2,6-7,10,17H2,1H3,(H,36,37). The van der Waals surface area contributed by atoms with Crippen LogP contribution in [0.25, 0.3) is 32.8 Å². The Balaban J connectivity index is 1.52. The predicted octanol–water partition coefficient (Wildman–Crippen LogP) is 7.96. The minimum atomic E-state index is -0.915. The molecule has 1 aromatic heterocycles. The fraction of sp³-hybridized carbons (Fsp3) is 0.212. The van der Waals surface area contributed by atoms with Crippen molar-refractivity contribution in [3.05, 3.63) is 113 Å². The second-order valence-corrected chi connectivity index (χ2v) is 9.84. The van der Waals surface area contributed by atoms with Gasteiger partial charge in [-0.3, -0.25) is 0 Å². The van der Waals surface area contributed by atoms with Crippen LogP contribution in [0.2, 0.25) is 0 Å². The van der Waals surface area contributed by atoms with E-state index in [1.165, 1.54) is 16.7 Å². The molecule has 6 rings (SSSR count). The molecule has 0 bridgehead atoms.